The van der Waals surface area contributed by atoms with Crippen molar-refractivity contribution >= 4 is 11.4 Å². The highest BCUT2D eigenvalue weighted by Gasteiger charge is 2.23. The van der Waals surface area contributed by atoms with E-state index in [1.165, 1.54) is 0 Å². The molecule has 6 atom stereocenters. The van der Waals surface area contributed by atoms with E-state index in [0.717, 1.165) is 16.9 Å². The summed E-state index contributed by atoms with van der Waals surface area (Å²) < 4.78 is 40.1. The molecule has 1 aromatic rings. The quantitative estimate of drug-likeness (QED) is 0.188. The third-order valence-corrected chi connectivity index (χ3v) is 5.99. The number of aliphatic hydroxyl groups is 1. The van der Waals surface area contributed by atoms with Gasteiger partial charge >= 0.3 is 0 Å². The van der Waals surface area contributed by atoms with Gasteiger partial charge in [0.1, 0.15) is 0 Å². The van der Waals surface area contributed by atoms with Crippen molar-refractivity contribution < 1.29 is 38.3 Å². The Hall–Kier alpha value is -1.50. The first-order chi connectivity index (χ1) is 18.1. The number of nitrogens with two attached hydrogens (primary N) is 1. The molecule has 1 heterocycles. The van der Waals surface area contributed by atoms with Gasteiger partial charge in [-0.2, -0.15) is 0 Å². The van der Waals surface area contributed by atoms with E-state index in [-0.39, 0.29) is 30.7 Å². The standard InChI is InChI=1S/C28H50N2O8/c1-20-13-26(7-8-27(20)29)30(9-11-32-15-22(3)35-17-24(5)34-14-21(2)31)10-12-33-16-23(4)36-19-28-37-18-25(6)38-28/h7-8,13,21-25,28,31H,9-12,14-19,29H2,1-6H3. The van der Waals surface area contributed by atoms with E-state index < -0.39 is 6.10 Å². The van der Waals surface area contributed by atoms with E-state index in [9.17, 15) is 5.11 Å². The van der Waals surface area contributed by atoms with Crippen molar-refractivity contribution in [2.24, 2.45) is 0 Å². The summed E-state index contributed by atoms with van der Waals surface area (Å²) in [6, 6.07) is 6.04. The zero-order chi connectivity index (χ0) is 27.9. The summed E-state index contributed by atoms with van der Waals surface area (Å²) >= 11 is 0. The van der Waals surface area contributed by atoms with E-state index >= 15 is 0 Å². The van der Waals surface area contributed by atoms with Gasteiger partial charge in [0.2, 0.25) is 0 Å². The summed E-state index contributed by atoms with van der Waals surface area (Å²) in [6.07, 6.45) is -0.872. The van der Waals surface area contributed by atoms with Crippen LogP contribution < -0.4 is 10.6 Å². The van der Waals surface area contributed by atoms with Crippen LogP contribution in [0.25, 0.3) is 0 Å². The van der Waals surface area contributed by atoms with E-state index in [0.29, 0.717) is 65.9 Å². The summed E-state index contributed by atoms with van der Waals surface area (Å²) in [5.74, 6) is 0. The second-order valence-electron chi connectivity index (χ2n) is 10.2. The predicted octanol–water partition coefficient (Wildman–Crippen LogP) is 2.77. The van der Waals surface area contributed by atoms with Crippen LogP contribution in [0.2, 0.25) is 0 Å². The molecular formula is C28H50N2O8. The van der Waals surface area contributed by atoms with Gasteiger partial charge in [0.25, 0.3) is 0 Å². The minimum atomic E-state index is -0.482. The molecule has 10 heteroatoms. The number of aliphatic hydroxyl groups excluding tert-OH is 1. The number of hydrogen-bond donors (Lipinski definition) is 2. The predicted molar refractivity (Wildman–Crippen MR) is 148 cm³/mol. The molecule has 0 spiro atoms. The molecule has 10 nitrogen and oxygen atoms in total. The lowest BCUT2D eigenvalue weighted by Gasteiger charge is -2.26. The Bertz CT molecular complexity index is 768. The molecule has 1 fully saturated rings. The number of ether oxygens (including phenoxy) is 7. The van der Waals surface area contributed by atoms with Gasteiger partial charge in [-0.15, -0.1) is 0 Å². The maximum absolute atomic E-state index is 9.32. The average Bonchev–Trinajstić information content (AvgIpc) is 3.30. The minimum Gasteiger partial charge on any atom is -0.399 e. The Morgan fingerprint density at radius 2 is 1.55 bits per heavy atom. The topological polar surface area (TPSA) is 114 Å². The molecule has 1 saturated heterocycles. The Morgan fingerprint density at radius 3 is 2.13 bits per heavy atom. The van der Waals surface area contributed by atoms with Crippen molar-refractivity contribution in [1.29, 1.82) is 0 Å². The highest BCUT2D eigenvalue weighted by Crippen LogP contribution is 2.20. The molecular weight excluding hydrogens is 492 g/mol. The van der Waals surface area contributed by atoms with Crippen molar-refractivity contribution in [2.75, 3.05) is 76.6 Å². The molecule has 1 aliphatic heterocycles. The molecule has 0 bridgehead atoms. The van der Waals surface area contributed by atoms with Gasteiger partial charge in [-0.25, -0.2) is 0 Å². The number of anilines is 2. The summed E-state index contributed by atoms with van der Waals surface area (Å²) in [5, 5.41) is 9.32. The number of hydrogen-bond acceptors (Lipinski definition) is 10. The Balaban J connectivity index is 1.70. The first-order valence-corrected chi connectivity index (χ1v) is 13.7. The van der Waals surface area contributed by atoms with E-state index in [2.05, 4.69) is 11.0 Å². The number of nitrogen functional groups attached to an aromatic ring is 1. The smallest absolute Gasteiger partial charge is 0.181 e. The lowest BCUT2D eigenvalue weighted by Crippen LogP contribution is -2.33. The first kappa shape index (κ1) is 32.7. The molecule has 220 valence electrons. The number of benzene rings is 1. The van der Waals surface area contributed by atoms with E-state index in [1.807, 2.05) is 46.8 Å². The third-order valence-electron chi connectivity index (χ3n) is 5.99. The maximum atomic E-state index is 9.32. The fourth-order valence-corrected chi connectivity index (χ4v) is 3.73. The first-order valence-electron chi connectivity index (χ1n) is 13.7. The highest BCUT2D eigenvalue weighted by molar-refractivity contribution is 5.58. The van der Waals surface area contributed by atoms with Crippen molar-refractivity contribution in [3.8, 4) is 0 Å². The Labute approximate surface area is 228 Å². The highest BCUT2D eigenvalue weighted by atomic mass is 16.7. The average molecular weight is 543 g/mol. The second-order valence-corrected chi connectivity index (χ2v) is 10.2. The molecule has 0 amide bonds. The fourth-order valence-electron chi connectivity index (χ4n) is 3.73. The Kier molecular flexibility index (Phi) is 15.5. The normalized spacial score (nSPS) is 20.8. The van der Waals surface area contributed by atoms with Gasteiger partial charge in [0.15, 0.2) is 6.29 Å². The van der Waals surface area contributed by atoms with E-state index in [4.69, 9.17) is 38.9 Å². The summed E-state index contributed by atoms with van der Waals surface area (Å²) in [5.41, 5.74) is 8.91. The van der Waals surface area contributed by atoms with Crippen LogP contribution in [0.3, 0.4) is 0 Å². The van der Waals surface area contributed by atoms with Crippen molar-refractivity contribution in [1.82, 2.24) is 0 Å². The molecule has 0 radical (unpaired) electrons. The van der Waals surface area contributed by atoms with Crippen LogP contribution in [-0.2, 0) is 33.2 Å². The van der Waals surface area contributed by atoms with Gasteiger partial charge in [-0.1, -0.05) is 0 Å². The molecule has 0 aromatic heterocycles. The molecule has 0 aliphatic carbocycles. The molecule has 3 N–H and O–H groups in total. The molecule has 38 heavy (non-hydrogen) atoms. The van der Waals surface area contributed by atoms with Crippen LogP contribution in [0.15, 0.2) is 18.2 Å². The second kappa shape index (κ2) is 18.0. The third kappa shape index (κ3) is 13.5. The van der Waals surface area contributed by atoms with Crippen LogP contribution in [0.1, 0.15) is 40.2 Å². The van der Waals surface area contributed by atoms with Crippen LogP contribution >= 0.6 is 0 Å². The SMILES string of the molecule is Cc1cc(N(CCOCC(C)OCC(C)OCC(C)O)CCOCC(C)OCC2OCC(C)O2)ccc1N. The molecule has 1 aromatic carbocycles. The van der Waals surface area contributed by atoms with Gasteiger partial charge in [-0.05, 0) is 65.3 Å². The van der Waals surface area contributed by atoms with Gasteiger partial charge < -0.3 is 48.9 Å². The minimum absolute atomic E-state index is 0.0599. The number of nitrogens with zero attached hydrogens (tertiary/aromatic N) is 1. The van der Waals surface area contributed by atoms with Crippen LogP contribution in [0.4, 0.5) is 11.4 Å². The lowest BCUT2D eigenvalue weighted by molar-refractivity contribution is -0.124. The van der Waals surface area contributed by atoms with Crippen LogP contribution in [0.5, 0.6) is 0 Å². The summed E-state index contributed by atoms with van der Waals surface area (Å²) in [7, 11) is 0. The molecule has 6 unspecified atom stereocenters. The molecule has 2 rings (SSSR count). The van der Waals surface area contributed by atoms with Gasteiger partial charge in [0, 0.05) is 24.5 Å². The summed E-state index contributed by atoms with van der Waals surface area (Å²) in [4.78, 5) is 2.23. The van der Waals surface area contributed by atoms with Crippen LogP contribution in [-0.4, -0.2) is 108 Å². The monoisotopic (exact) mass is 542 g/mol. The number of aryl methyl sites for hydroxylation is 1. The fraction of sp³-hybridized carbons (Fsp3) is 0.786. The van der Waals surface area contributed by atoms with E-state index in [1.54, 1.807) is 6.92 Å². The Morgan fingerprint density at radius 1 is 0.947 bits per heavy atom. The molecule has 1 aliphatic rings. The zero-order valence-corrected chi connectivity index (χ0v) is 24.1. The zero-order valence-electron chi connectivity index (χ0n) is 24.1. The van der Waals surface area contributed by atoms with Gasteiger partial charge in [-0.3, -0.25) is 0 Å². The summed E-state index contributed by atoms with van der Waals surface area (Å²) in [6.45, 7) is 16.8. The van der Waals surface area contributed by atoms with Crippen molar-refractivity contribution in [3.63, 3.8) is 0 Å². The largest absolute Gasteiger partial charge is 0.399 e. The van der Waals surface area contributed by atoms with Crippen molar-refractivity contribution in [3.05, 3.63) is 23.8 Å². The maximum Gasteiger partial charge on any atom is 0.181 e. The lowest BCUT2D eigenvalue weighted by atomic mass is 10.1. The van der Waals surface area contributed by atoms with Crippen LogP contribution in [0, 0.1) is 6.92 Å². The molecule has 0 saturated carbocycles. The number of rotatable bonds is 20. The van der Waals surface area contributed by atoms with Crippen molar-refractivity contribution in [2.45, 2.75) is 78.4 Å². The van der Waals surface area contributed by atoms with Gasteiger partial charge in [0.05, 0.1) is 83.4 Å².